The van der Waals surface area contributed by atoms with Crippen LogP contribution < -0.4 is 9.47 Å². The van der Waals surface area contributed by atoms with E-state index in [1.165, 1.54) is 20.8 Å². The van der Waals surface area contributed by atoms with Crippen molar-refractivity contribution in [3.63, 3.8) is 0 Å². The van der Waals surface area contributed by atoms with E-state index in [0.717, 1.165) is 11.1 Å². The summed E-state index contributed by atoms with van der Waals surface area (Å²) in [5, 5.41) is 0.541. The number of rotatable bonds is 13. The van der Waals surface area contributed by atoms with Crippen molar-refractivity contribution in [2.24, 2.45) is 0 Å². The molecule has 2 aromatic rings. The summed E-state index contributed by atoms with van der Waals surface area (Å²) in [6, 6.07) is 11.0. The molecule has 0 saturated heterocycles. The Labute approximate surface area is 237 Å². The van der Waals surface area contributed by atoms with Crippen molar-refractivity contribution in [2.45, 2.75) is 52.2 Å². The number of hydrogen-bond donors (Lipinski definition) is 0. The Morgan fingerprint density at radius 1 is 0.763 bits per heavy atom. The van der Waals surface area contributed by atoms with Crippen LogP contribution in [0.15, 0.2) is 36.4 Å². The minimum Gasteiger partial charge on any atom is -0.490 e. The van der Waals surface area contributed by atoms with Crippen LogP contribution in [0.1, 0.15) is 45.7 Å². The van der Waals surface area contributed by atoms with Gasteiger partial charge in [0.05, 0.1) is 15.9 Å². The number of ether oxygens (including phenoxy) is 5. The molecule has 0 unspecified atom stereocenters. The van der Waals surface area contributed by atoms with E-state index in [-0.39, 0.29) is 41.5 Å². The molecule has 0 radical (unpaired) electrons. The van der Waals surface area contributed by atoms with Crippen molar-refractivity contribution in [3.8, 4) is 11.5 Å². The highest BCUT2D eigenvalue weighted by Crippen LogP contribution is 2.40. The average molecular weight is 590 g/mol. The van der Waals surface area contributed by atoms with E-state index in [0.29, 0.717) is 5.75 Å². The number of carbonyl (C=O) groups is 3. The maximum Gasteiger partial charge on any atom is 0.303 e. The standard InChI is InChI=1S/C27H31Cl3O8/c1-16(31)34-14-23(38-18(3)33)15-36-26-24(29)10-20(11-25(26)30)27(4,5)19-6-8-21(9-7-19)35-13-22(12-28)37-17(2)32/h6-11,22-23H,12-15H2,1-5H3/t22-,23-/m1/s1. The Hall–Kier alpha value is -2.68. The van der Waals surface area contributed by atoms with Crippen LogP contribution in [0.4, 0.5) is 0 Å². The Kier molecular flexibility index (Phi) is 12.0. The lowest BCUT2D eigenvalue weighted by Gasteiger charge is -2.27. The van der Waals surface area contributed by atoms with Gasteiger partial charge in [0.2, 0.25) is 0 Å². The summed E-state index contributed by atoms with van der Waals surface area (Å²) in [6.07, 6.45) is -1.37. The number of alkyl halides is 1. The molecule has 0 aliphatic heterocycles. The Bertz CT molecular complexity index is 1090. The molecule has 0 aromatic heterocycles. The molecule has 0 saturated carbocycles. The molecule has 0 aliphatic rings. The van der Waals surface area contributed by atoms with Gasteiger partial charge < -0.3 is 23.7 Å². The summed E-state index contributed by atoms with van der Waals surface area (Å²) in [7, 11) is 0. The predicted octanol–water partition coefficient (Wildman–Crippen LogP) is 5.74. The highest BCUT2D eigenvalue weighted by molar-refractivity contribution is 6.37. The molecule has 0 heterocycles. The van der Waals surface area contributed by atoms with E-state index in [1.807, 2.05) is 38.1 Å². The zero-order valence-electron chi connectivity index (χ0n) is 21.8. The first kappa shape index (κ1) is 31.5. The van der Waals surface area contributed by atoms with Gasteiger partial charge in [0.25, 0.3) is 0 Å². The molecule has 0 aliphatic carbocycles. The molecular formula is C27H31Cl3O8. The van der Waals surface area contributed by atoms with Gasteiger partial charge in [-0.05, 0) is 35.4 Å². The number of benzene rings is 2. The molecule has 38 heavy (non-hydrogen) atoms. The summed E-state index contributed by atoms with van der Waals surface area (Å²) in [5.74, 6) is -0.523. The monoisotopic (exact) mass is 588 g/mol. The summed E-state index contributed by atoms with van der Waals surface area (Å²) in [5.41, 5.74) is 1.31. The molecule has 8 nitrogen and oxygen atoms in total. The molecule has 208 valence electrons. The van der Waals surface area contributed by atoms with Crippen molar-refractivity contribution < 1.29 is 38.1 Å². The molecule has 0 N–H and O–H groups in total. The topological polar surface area (TPSA) is 97.4 Å². The van der Waals surface area contributed by atoms with E-state index in [9.17, 15) is 14.4 Å². The first-order valence-corrected chi connectivity index (χ1v) is 13.0. The second kappa shape index (κ2) is 14.5. The summed E-state index contributed by atoms with van der Waals surface area (Å²) >= 11 is 18.9. The maximum atomic E-state index is 11.4. The molecule has 11 heteroatoms. The number of esters is 3. The van der Waals surface area contributed by atoms with Crippen LogP contribution in [0.5, 0.6) is 11.5 Å². The zero-order valence-corrected chi connectivity index (χ0v) is 24.1. The highest BCUT2D eigenvalue weighted by atomic mass is 35.5. The lowest BCUT2D eigenvalue weighted by atomic mass is 9.78. The van der Waals surface area contributed by atoms with Crippen molar-refractivity contribution in [3.05, 3.63) is 57.6 Å². The van der Waals surface area contributed by atoms with Gasteiger partial charge in [-0.25, -0.2) is 0 Å². The average Bonchev–Trinajstić information content (AvgIpc) is 2.83. The lowest BCUT2D eigenvalue weighted by molar-refractivity contribution is -0.158. The van der Waals surface area contributed by atoms with Crippen LogP contribution in [0, 0.1) is 0 Å². The fourth-order valence-corrected chi connectivity index (χ4v) is 4.21. The third-order valence-electron chi connectivity index (χ3n) is 5.46. The Balaban J connectivity index is 2.14. The van der Waals surface area contributed by atoms with Crippen molar-refractivity contribution in [1.29, 1.82) is 0 Å². The van der Waals surface area contributed by atoms with Crippen LogP contribution in [0.25, 0.3) is 0 Å². The number of carbonyl (C=O) groups excluding carboxylic acids is 3. The van der Waals surface area contributed by atoms with Crippen LogP contribution in [-0.4, -0.2) is 55.8 Å². The molecular weight excluding hydrogens is 559 g/mol. The number of halogens is 3. The highest BCUT2D eigenvalue weighted by Gasteiger charge is 2.26. The molecule has 2 aromatic carbocycles. The second-order valence-electron chi connectivity index (χ2n) is 8.96. The zero-order chi connectivity index (χ0) is 28.5. The molecule has 0 spiro atoms. The Morgan fingerprint density at radius 2 is 1.29 bits per heavy atom. The quantitative estimate of drug-likeness (QED) is 0.166. The minimum absolute atomic E-state index is 0.113. The van der Waals surface area contributed by atoms with Gasteiger partial charge >= 0.3 is 17.9 Å². The first-order valence-electron chi connectivity index (χ1n) is 11.7. The first-order chi connectivity index (χ1) is 17.8. The summed E-state index contributed by atoms with van der Waals surface area (Å²) < 4.78 is 26.6. The van der Waals surface area contributed by atoms with Gasteiger partial charge in [-0.15, -0.1) is 11.6 Å². The summed E-state index contributed by atoms with van der Waals surface area (Å²) in [6.45, 7) is 7.72. The largest absolute Gasteiger partial charge is 0.490 e. The van der Waals surface area contributed by atoms with Crippen LogP contribution >= 0.6 is 34.8 Å². The third-order valence-corrected chi connectivity index (χ3v) is 6.36. The fourth-order valence-electron chi connectivity index (χ4n) is 3.46. The second-order valence-corrected chi connectivity index (χ2v) is 10.1. The SMILES string of the molecule is CC(=O)OC[C@H](COc1c(Cl)cc(C(C)(C)c2ccc(OC[C@@H](CCl)OC(C)=O)cc2)cc1Cl)OC(C)=O. The van der Waals surface area contributed by atoms with Gasteiger partial charge in [0.1, 0.15) is 31.7 Å². The van der Waals surface area contributed by atoms with Gasteiger partial charge in [-0.3, -0.25) is 14.4 Å². The van der Waals surface area contributed by atoms with E-state index in [4.69, 9.17) is 58.5 Å². The van der Waals surface area contributed by atoms with Gasteiger partial charge in [0.15, 0.2) is 11.9 Å². The molecule has 0 bridgehead atoms. The predicted molar refractivity (Wildman–Crippen MR) is 144 cm³/mol. The van der Waals surface area contributed by atoms with Crippen molar-refractivity contribution >= 4 is 52.7 Å². The van der Waals surface area contributed by atoms with Crippen LogP contribution in [0.2, 0.25) is 10.0 Å². The van der Waals surface area contributed by atoms with E-state index < -0.39 is 35.5 Å². The number of hydrogen-bond acceptors (Lipinski definition) is 8. The maximum absolute atomic E-state index is 11.4. The molecule has 0 amide bonds. The molecule has 2 rings (SSSR count). The summed E-state index contributed by atoms with van der Waals surface area (Å²) in [4.78, 5) is 33.6. The molecule has 0 fully saturated rings. The Morgan fingerprint density at radius 3 is 1.79 bits per heavy atom. The normalized spacial score (nSPS) is 12.7. The van der Waals surface area contributed by atoms with Gasteiger partial charge in [-0.1, -0.05) is 49.2 Å². The van der Waals surface area contributed by atoms with Crippen LogP contribution in [0.3, 0.4) is 0 Å². The smallest absolute Gasteiger partial charge is 0.303 e. The van der Waals surface area contributed by atoms with E-state index in [2.05, 4.69) is 0 Å². The van der Waals surface area contributed by atoms with Crippen LogP contribution in [-0.2, 0) is 34.0 Å². The van der Waals surface area contributed by atoms with Gasteiger partial charge in [-0.2, -0.15) is 0 Å². The van der Waals surface area contributed by atoms with Crippen molar-refractivity contribution in [2.75, 3.05) is 25.7 Å². The van der Waals surface area contributed by atoms with Gasteiger partial charge in [0, 0.05) is 26.2 Å². The minimum atomic E-state index is -0.825. The lowest BCUT2D eigenvalue weighted by Crippen LogP contribution is -2.30. The molecule has 2 atom stereocenters. The fraction of sp³-hybridized carbons (Fsp3) is 0.444. The third kappa shape index (κ3) is 9.57. The van der Waals surface area contributed by atoms with E-state index in [1.54, 1.807) is 12.1 Å². The van der Waals surface area contributed by atoms with Crippen molar-refractivity contribution in [1.82, 2.24) is 0 Å². The van der Waals surface area contributed by atoms with E-state index >= 15 is 0 Å².